The van der Waals surface area contributed by atoms with Gasteiger partial charge in [0.05, 0.1) is 0 Å². The van der Waals surface area contributed by atoms with Crippen LogP contribution in [0.2, 0.25) is 0 Å². The van der Waals surface area contributed by atoms with Crippen LogP contribution in [0.1, 0.15) is 42.5 Å². The molecule has 0 aliphatic carbocycles. The molecule has 0 N–H and O–H groups in total. The molecule has 0 aliphatic rings. The van der Waals surface area contributed by atoms with E-state index < -0.39 is 0 Å². The summed E-state index contributed by atoms with van der Waals surface area (Å²) in [7, 11) is 0. The second kappa shape index (κ2) is 377. The monoisotopic (exact) mass is 2740 g/mol. The standard InChI is InChI=1S/4C2H7I.2C2H6.4CH3I.2CH4.2CH3.16Y/c4*1-3-2;6*1-2;;;;;;;;;;;;;;;;;;;;/h4*3H,1-2H3;2*1-2H3;4*1H3;2*1H4;2*1H3;;;;;;;;;;;;;;;;/q;;;;;;;;;;;;2*-1;;;;;;;;;;;;;;;;. The van der Waals surface area contributed by atoms with E-state index in [-0.39, 0.29) is 553 Å². The number of rotatable bonds is 0. The van der Waals surface area contributed by atoms with Crippen molar-refractivity contribution in [1.82, 2.24) is 0 Å². The predicted molar refractivity (Wildman–Crippen MR) is 238 cm³/mol. The van der Waals surface area contributed by atoms with Crippen LogP contribution >= 0.6 is 175 Å². The molecule has 0 atom stereocenters. The summed E-state index contributed by atoms with van der Waals surface area (Å²) in [6.07, 6.45) is 0. The van der Waals surface area contributed by atoms with E-state index in [0.717, 1.165) is 0 Å². The second-order valence-corrected chi connectivity index (χ2v) is 11.0. The molecule has 0 aliphatic heterocycles. The fourth-order valence-corrected chi connectivity index (χ4v) is 0. The Morgan fingerprint density at radius 2 is 0.227 bits per heavy atom. The van der Waals surface area contributed by atoms with E-state index >= 15 is 0 Å². The molecule has 0 aromatic rings. The summed E-state index contributed by atoms with van der Waals surface area (Å²) in [6.45, 7) is 8.00. The first kappa shape index (κ1) is 212. The van der Waals surface area contributed by atoms with Gasteiger partial charge in [0.15, 0.2) is 0 Å². The number of halogens is 8. The molecule has 0 aromatic heterocycles. The maximum Gasteiger partial charge on any atom is 0 e. The van der Waals surface area contributed by atoms with E-state index in [2.05, 4.69) is 130 Å². The molecule has 0 fully saturated rings. The molecule has 0 saturated heterocycles. The van der Waals surface area contributed by atoms with Crippen molar-refractivity contribution in [3.8, 4) is 0 Å². The first-order chi connectivity index (χ1) is 11.7. The fraction of sp³-hybridized carbons (Fsp3) is 0.900. The molecule has 0 amide bonds. The predicted octanol–water partition coefficient (Wildman–Crippen LogP) is 12.2. The van der Waals surface area contributed by atoms with Crippen molar-refractivity contribution in [2.45, 2.75) is 42.5 Å². The minimum atomic E-state index is 0. The summed E-state index contributed by atoms with van der Waals surface area (Å²) in [5.74, 6) is 0. The maximum absolute atomic E-state index is 2.26. The zero-order valence-corrected chi connectivity index (χ0v) is 93.7. The van der Waals surface area contributed by atoms with E-state index in [1.54, 1.807) is 0 Å². The van der Waals surface area contributed by atoms with Crippen molar-refractivity contribution in [3.63, 3.8) is 0 Å². The van der Waals surface area contributed by atoms with Crippen molar-refractivity contribution >= 4 is 175 Å². The molecule has 0 spiro atoms. The van der Waals surface area contributed by atoms with Crippen molar-refractivity contribution in [1.29, 1.82) is 0 Å². The summed E-state index contributed by atoms with van der Waals surface area (Å²) >= 11 is 10.5. The third kappa shape index (κ3) is 493. The van der Waals surface area contributed by atoms with Crippen molar-refractivity contribution in [2.75, 3.05) is 59.2 Å². The van der Waals surface area contributed by atoms with Crippen LogP contribution in [0.4, 0.5) is 0 Å². The fourth-order valence-electron chi connectivity index (χ4n) is 0. The first-order valence-corrected chi connectivity index (χ1v) is 34.1. The van der Waals surface area contributed by atoms with Crippen molar-refractivity contribution in [3.05, 3.63) is 14.9 Å². The molecule has 0 bridgehead atoms. The number of hydrogen-bond donors (Lipinski definition) is 0. The Bertz CT molecular complexity index is 73.8. The maximum atomic E-state index is 2.26. The average molecular weight is 2740 g/mol. The van der Waals surface area contributed by atoms with Crippen molar-refractivity contribution in [2.24, 2.45) is 0 Å². The average Bonchev–Trinajstić information content (AvgIpc) is 2.67. The molecule has 16 radical (unpaired) electrons. The zero-order valence-electron chi connectivity index (χ0n) is 30.4. The van der Waals surface area contributed by atoms with Crippen LogP contribution in [0.5, 0.6) is 0 Å². The molecular weight excluding hydrogens is 2680 g/mol. The Morgan fingerprint density at radius 1 is 0.227 bits per heavy atom. The van der Waals surface area contributed by atoms with Gasteiger partial charge in [-0.2, -0.15) is 0 Å². The molecule has 0 unspecified atom stereocenters. The van der Waals surface area contributed by atoms with E-state index in [9.17, 15) is 0 Å². The van der Waals surface area contributed by atoms with Gasteiger partial charge >= 0.3 is 124 Å². The van der Waals surface area contributed by atoms with Crippen LogP contribution in [0.25, 0.3) is 0 Å². The molecule has 0 saturated carbocycles. The minimum Gasteiger partial charge on any atom is -0.358 e. The van der Waals surface area contributed by atoms with Gasteiger partial charge in [0, 0.05) is 523 Å². The van der Waals surface area contributed by atoms with Gasteiger partial charge in [0.2, 0.25) is 0 Å². The first-order valence-electron chi connectivity index (χ1n) is 6.78. The van der Waals surface area contributed by atoms with Crippen LogP contribution in [0, 0.1) is 14.9 Å². The summed E-state index contributed by atoms with van der Waals surface area (Å²) in [5, 5.41) is 0. The van der Waals surface area contributed by atoms with Gasteiger partial charge in [-0.15, -0.1) is 0 Å². The van der Waals surface area contributed by atoms with Crippen LogP contribution < -0.4 is 0 Å². The molecule has 252 valence electrons. The van der Waals surface area contributed by atoms with E-state index in [1.165, 1.54) is 0 Å². The van der Waals surface area contributed by atoms with Gasteiger partial charge in [0.25, 0.3) is 0 Å². The molecule has 24 heteroatoms. The Hall–Kier alpha value is 23.5. The molecule has 44 heavy (non-hydrogen) atoms. The molecular formula is C20H66I8Y16-2. The molecule has 0 heterocycles. The Kier molecular flexibility index (Phi) is 1820. The Labute approximate surface area is 787 Å². The van der Waals surface area contributed by atoms with Gasteiger partial charge in [-0.05, 0) is 19.7 Å². The van der Waals surface area contributed by atoms with E-state index in [1.807, 2.05) is 47.4 Å². The molecule has 0 aromatic carbocycles. The minimum absolute atomic E-state index is 0. The number of hydrogen-bond acceptors (Lipinski definition) is 0. The third-order valence-corrected chi connectivity index (χ3v) is 0. The van der Waals surface area contributed by atoms with Crippen LogP contribution in [0.15, 0.2) is 0 Å². The van der Waals surface area contributed by atoms with Gasteiger partial charge in [-0.25, -0.2) is 0 Å². The number of alkyl halides is 12. The normalized spacial score (nSPS) is 2.82. The third-order valence-electron chi connectivity index (χ3n) is 0. The summed E-state index contributed by atoms with van der Waals surface area (Å²) < 4.78 is 0. The second-order valence-electron chi connectivity index (χ2n) is 1.63. The van der Waals surface area contributed by atoms with Crippen LogP contribution in [0.3, 0.4) is 0 Å². The van der Waals surface area contributed by atoms with Crippen molar-refractivity contribution < 1.29 is 523 Å². The Balaban J connectivity index is -0.00000000169. The summed E-state index contributed by atoms with van der Waals surface area (Å²) in [6, 6.07) is 0. The SMILES string of the molecule is C.C.CC.CC.CI.CI.CI.CI.C[IH]C.C[IH]C.C[IH]C.C[IH]C.[CH3-].[CH3-].[Y].[Y].[Y].[Y].[Y].[Y].[Y].[Y].[Y].[Y].[Y].[Y].[Y].[Y].[Y].[Y]. The Morgan fingerprint density at radius 3 is 0.227 bits per heavy atom. The van der Waals surface area contributed by atoms with Crippen LogP contribution in [-0.2, 0) is 523 Å². The summed E-state index contributed by atoms with van der Waals surface area (Å²) in [5.41, 5.74) is 0. The quantitative estimate of drug-likeness (QED) is 0.129. The largest absolute Gasteiger partial charge is 0.358 e. The van der Waals surface area contributed by atoms with E-state index in [0.29, 0.717) is 84.8 Å². The van der Waals surface area contributed by atoms with Crippen LogP contribution in [-0.4, -0.2) is 59.2 Å². The smallest absolute Gasteiger partial charge is 0 e. The van der Waals surface area contributed by atoms with Gasteiger partial charge in [0.1, 0.15) is 0 Å². The molecule has 0 nitrogen and oxygen atoms in total. The molecule has 0 rings (SSSR count). The van der Waals surface area contributed by atoms with Gasteiger partial charge in [-0.3, -0.25) is 0 Å². The van der Waals surface area contributed by atoms with Gasteiger partial charge in [-0.1, -0.05) is 133 Å². The van der Waals surface area contributed by atoms with E-state index in [4.69, 9.17) is 0 Å². The summed E-state index contributed by atoms with van der Waals surface area (Å²) in [4.78, 5) is 25.9. The topological polar surface area (TPSA) is 0 Å². The van der Waals surface area contributed by atoms with Gasteiger partial charge < -0.3 is 14.9 Å². The zero-order chi connectivity index (χ0) is 22.8.